The van der Waals surface area contributed by atoms with E-state index in [0.717, 1.165) is 19.5 Å². The van der Waals surface area contributed by atoms with Crippen LogP contribution in [0.2, 0.25) is 0 Å². The van der Waals surface area contributed by atoms with Crippen molar-refractivity contribution in [3.8, 4) is 0 Å². The van der Waals surface area contributed by atoms with E-state index in [9.17, 15) is 4.79 Å². The minimum atomic E-state index is -0.186. The van der Waals surface area contributed by atoms with Gasteiger partial charge in [-0.15, -0.1) is 0 Å². The predicted octanol–water partition coefficient (Wildman–Crippen LogP) is 2.19. The zero-order chi connectivity index (χ0) is 9.84. The van der Waals surface area contributed by atoms with Gasteiger partial charge in [-0.25, -0.2) is 4.79 Å². The lowest BCUT2D eigenvalue weighted by atomic mass is 10.0. The molecule has 1 heterocycles. The molecule has 74 valence electrons. The average Bonchev–Trinajstić information content (AvgIpc) is 2.10. The second kappa shape index (κ2) is 4.30. The van der Waals surface area contributed by atoms with Gasteiger partial charge in [0.1, 0.15) is 0 Å². The van der Waals surface area contributed by atoms with E-state index in [1.807, 2.05) is 6.92 Å². The third-order valence-corrected chi connectivity index (χ3v) is 2.44. The van der Waals surface area contributed by atoms with Gasteiger partial charge in [-0.1, -0.05) is 11.1 Å². The monoisotopic (exact) mass is 183 g/mol. The highest BCUT2D eigenvalue weighted by Crippen LogP contribution is 2.17. The summed E-state index contributed by atoms with van der Waals surface area (Å²) in [6, 6.07) is 0. The van der Waals surface area contributed by atoms with Gasteiger partial charge in [0.05, 0.1) is 6.61 Å². The van der Waals surface area contributed by atoms with Crippen molar-refractivity contribution in [1.82, 2.24) is 4.90 Å². The maximum atomic E-state index is 11.3. The van der Waals surface area contributed by atoms with Crippen LogP contribution < -0.4 is 0 Å². The van der Waals surface area contributed by atoms with Gasteiger partial charge >= 0.3 is 6.09 Å². The highest BCUT2D eigenvalue weighted by atomic mass is 16.6. The van der Waals surface area contributed by atoms with Crippen LogP contribution in [0.15, 0.2) is 11.1 Å². The van der Waals surface area contributed by atoms with Crippen molar-refractivity contribution in [2.24, 2.45) is 0 Å². The summed E-state index contributed by atoms with van der Waals surface area (Å²) in [6.45, 7) is 8.00. The van der Waals surface area contributed by atoms with Crippen molar-refractivity contribution in [2.75, 3.05) is 19.7 Å². The van der Waals surface area contributed by atoms with Crippen LogP contribution in [0.4, 0.5) is 4.79 Å². The summed E-state index contributed by atoms with van der Waals surface area (Å²) < 4.78 is 4.93. The molecular weight excluding hydrogens is 166 g/mol. The van der Waals surface area contributed by atoms with Gasteiger partial charge in [0.15, 0.2) is 0 Å². The molecule has 3 nitrogen and oxygen atoms in total. The Hall–Kier alpha value is -0.990. The molecule has 0 unspecified atom stereocenters. The molecule has 0 saturated heterocycles. The first kappa shape index (κ1) is 10.1. The molecule has 0 N–H and O–H groups in total. The number of carbonyl (C=O) groups excluding carboxylic acids is 1. The number of hydrogen-bond donors (Lipinski definition) is 0. The third kappa shape index (κ3) is 2.47. The van der Waals surface area contributed by atoms with Gasteiger partial charge < -0.3 is 9.64 Å². The van der Waals surface area contributed by atoms with Crippen LogP contribution in [0.3, 0.4) is 0 Å². The van der Waals surface area contributed by atoms with E-state index >= 15 is 0 Å². The molecule has 13 heavy (non-hydrogen) atoms. The lowest BCUT2D eigenvalue weighted by molar-refractivity contribution is 0.109. The fourth-order valence-electron chi connectivity index (χ4n) is 1.39. The van der Waals surface area contributed by atoms with Gasteiger partial charge in [0.25, 0.3) is 0 Å². The molecule has 0 radical (unpaired) electrons. The van der Waals surface area contributed by atoms with E-state index in [1.54, 1.807) is 4.90 Å². The Kier molecular flexibility index (Phi) is 3.34. The number of hydrogen-bond acceptors (Lipinski definition) is 2. The highest BCUT2D eigenvalue weighted by molar-refractivity contribution is 5.68. The minimum Gasteiger partial charge on any atom is -0.450 e. The normalized spacial score (nSPS) is 17.6. The number of nitrogens with zero attached hydrogens (tertiary/aromatic N) is 1. The summed E-state index contributed by atoms with van der Waals surface area (Å²) in [5.74, 6) is 0. The van der Waals surface area contributed by atoms with Crippen LogP contribution in [0, 0.1) is 0 Å². The third-order valence-electron chi connectivity index (χ3n) is 2.44. The second-order valence-electron chi connectivity index (χ2n) is 3.43. The first-order valence-electron chi connectivity index (χ1n) is 4.72. The molecule has 0 atom stereocenters. The smallest absolute Gasteiger partial charge is 0.410 e. The van der Waals surface area contributed by atoms with E-state index in [1.165, 1.54) is 11.1 Å². The summed E-state index contributed by atoms with van der Waals surface area (Å²) in [5, 5.41) is 0. The van der Waals surface area contributed by atoms with Gasteiger partial charge in [0, 0.05) is 13.1 Å². The zero-order valence-electron chi connectivity index (χ0n) is 8.59. The van der Waals surface area contributed by atoms with Crippen LogP contribution in [-0.2, 0) is 4.74 Å². The van der Waals surface area contributed by atoms with Crippen molar-refractivity contribution in [2.45, 2.75) is 27.2 Å². The fraction of sp³-hybridized carbons (Fsp3) is 0.700. The summed E-state index contributed by atoms with van der Waals surface area (Å²) in [5.41, 5.74) is 2.69. The Balaban J connectivity index is 2.53. The molecule has 1 amide bonds. The van der Waals surface area contributed by atoms with Gasteiger partial charge in [0.2, 0.25) is 0 Å². The van der Waals surface area contributed by atoms with Crippen LogP contribution >= 0.6 is 0 Å². The van der Waals surface area contributed by atoms with E-state index < -0.39 is 0 Å². The lowest BCUT2D eigenvalue weighted by Crippen LogP contribution is -2.36. The Morgan fingerprint density at radius 2 is 2.15 bits per heavy atom. The van der Waals surface area contributed by atoms with E-state index in [2.05, 4.69) is 13.8 Å². The molecule has 0 fully saturated rings. The topological polar surface area (TPSA) is 29.5 Å². The largest absolute Gasteiger partial charge is 0.450 e. The summed E-state index contributed by atoms with van der Waals surface area (Å²) >= 11 is 0. The molecular formula is C10H17NO2. The van der Waals surface area contributed by atoms with Crippen molar-refractivity contribution in [3.05, 3.63) is 11.1 Å². The number of amides is 1. The molecule has 1 rings (SSSR count). The molecule has 0 aliphatic carbocycles. The average molecular weight is 183 g/mol. The zero-order valence-corrected chi connectivity index (χ0v) is 8.59. The molecule has 3 heteroatoms. The Morgan fingerprint density at radius 3 is 2.69 bits per heavy atom. The standard InChI is InChI=1S/C10H17NO2/c1-4-13-10(12)11-6-5-8(2)9(3)7-11/h4-7H2,1-3H3. The maximum absolute atomic E-state index is 11.3. The Bertz CT molecular complexity index is 233. The Morgan fingerprint density at radius 1 is 1.46 bits per heavy atom. The van der Waals surface area contributed by atoms with Gasteiger partial charge in [-0.3, -0.25) is 0 Å². The molecule has 0 saturated carbocycles. The number of rotatable bonds is 1. The van der Waals surface area contributed by atoms with Crippen LogP contribution in [0.1, 0.15) is 27.2 Å². The number of ether oxygens (including phenoxy) is 1. The van der Waals surface area contributed by atoms with Gasteiger partial charge in [-0.05, 0) is 27.2 Å². The molecule has 0 aromatic rings. The number of carbonyl (C=O) groups is 1. The highest BCUT2D eigenvalue weighted by Gasteiger charge is 2.19. The van der Waals surface area contributed by atoms with E-state index in [-0.39, 0.29) is 6.09 Å². The first-order valence-corrected chi connectivity index (χ1v) is 4.72. The molecule has 1 aliphatic heterocycles. The van der Waals surface area contributed by atoms with Crippen molar-refractivity contribution in [1.29, 1.82) is 0 Å². The van der Waals surface area contributed by atoms with E-state index in [4.69, 9.17) is 4.74 Å². The van der Waals surface area contributed by atoms with Crippen molar-refractivity contribution < 1.29 is 9.53 Å². The van der Waals surface area contributed by atoms with Crippen LogP contribution in [0.25, 0.3) is 0 Å². The van der Waals surface area contributed by atoms with Crippen LogP contribution in [0.5, 0.6) is 0 Å². The van der Waals surface area contributed by atoms with Crippen molar-refractivity contribution in [3.63, 3.8) is 0 Å². The van der Waals surface area contributed by atoms with E-state index in [0.29, 0.717) is 6.61 Å². The predicted molar refractivity (Wildman–Crippen MR) is 51.6 cm³/mol. The van der Waals surface area contributed by atoms with Gasteiger partial charge in [-0.2, -0.15) is 0 Å². The fourth-order valence-corrected chi connectivity index (χ4v) is 1.39. The Labute approximate surface area is 79.4 Å². The van der Waals surface area contributed by atoms with Crippen LogP contribution in [-0.4, -0.2) is 30.7 Å². The molecule has 0 spiro atoms. The molecule has 0 bridgehead atoms. The quantitative estimate of drug-likeness (QED) is 0.583. The maximum Gasteiger partial charge on any atom is 0.410 e. The molecule has 0 aromatic carbocycles. The second-order valence-corrected chi connectivity index (χ2v) is 3.43. The summed E-state index contributed by atoms with van der Waals surface area (Å²) in [6.07, 6.45) is 0.791. The molecule has 1 aliphatic rings. The SMILES string of the molecule is CCOC(=O)N1CCC(C)=C(C)C1. The minimum absolute atomic E-state index is 0.186. The molecule has 0 aromatic heterocycles. The van der Waals surface area contributed by atoms with Crippen molar-refractivity contribution >= 4 is 6.09 Å². The lowest BCUT2D eigenvalue weighted by Gasteiger charge is -2.27. The summed E-state index contributed by atoms with van der Waals surface area (Å²) in [4.78, 5) is 13.1. The summed E-state index contributed by atoms with van der Waals surface area (Å²) in [7, 11) is 0. The first-order chi connectivity index (χ1) is 6.15.